The summed E-state index contributed by atoms with van der Waals surface area (Å²) in [6.45, 7) is 1.76. The number of hydrogen-bond acceptors (Lipinski definition) is 6. The van der Waals surface area contributed by atoms with Crippen molar-refractivity contribution in [2.24, 2.45) is 0 Å². The van der Waals surface area contributed by atoms with Crippen LogP contribution in [0.2, 0.25) is 0 Å². The van der Waals surface area contributed by atoms with Gasteiger partial charge in [0.05, 0.1) is 4.92 Å². The van der Waals surface area contributed by atoms with Crippen molar-refractivity contribution in [3.63, 3.8) is 0 Å². The molecule has 3 heterocycles. The maximum atomic E-state index is 11.0. The number of anilines is 2. The van der Waals surface area contributed by atoms with Crippen LogP contribution in [0.1, 0.15) is 12.8 Å². The van der Waals surface area contributed by atoms with E-state index >= 15 is 0 Å². The first-order valence-electron chi connectivity index (χ1n) is 5.81. The molecular formula is C10H11BrN6O2. The van der Waals surface area contributed by atoms with Crippen LogP contribution in [0.15, 0.2) is 10.7 Å². The standard InChI is InChI=1S/C10H11BrN6O2/c11-7-8(12)16-9(6(5-13-16)17(18)19)14-10(7)15-3-1-2-4-15/h5H,1-4,12H2. The zero-order chi connectivity index (χ0) is 13.6. The van der Waals surface area contributed by atoms with Gasteiger partial charge in [0.25, 0.3) is 0 Å². The Bertz CT molecular complexity index is 664. The highest BCUT2D eigenvalue weighted by molar-refractivity contribution is 9.10. The molecule has 19 heavy (non-hydrogen) atoms. The second-order valence-corrected chi connectivity index (χ2v) is 5.14. The van der Waals surface area contributed by atoms with E-state index in [1.165, 1.54) is 10.7 Å². The van der Waals surface area contributed by atoms with Gasteiger partial charge in [-0.25, -0.2) is 4.98 Å². The van der Waals surface area contributed by atoms with Crippen LogP contribution in [0.25, 0.3) is 5.65 Å². The summed E-state index contributed by atoms with van der Waals surface area (Å²) in [7, 11) is 0. The molecule has 9 heteroatoms. The Hall–Kier alpha value is -1.90. The van der Waals surface area contributed by atoms with Gasteiger partial charge in [0, 0.05) is 13.1 Å². The minimum atomic E-state index is -0.504. The smallest absolute Gasteiger partial charge is 0.333 e. The van der Waals surface area contributed by atoms with Crippen LogP contribution in [-0.4, -0.2) is 32.6 Å². The zero-order valence-corrected chi connectivity index (χ0v) is 11.5. The Labute approximate surface area is 116 Å². The molecule has 1 saturated heterocycles. The highest BCUT2D eigenvalue weighted by atomic mass is 79.9. The number of aromatic nitrogens is 3. The lowest BCUT2D eigenvalue weighted by atomic mass is 10.4. The third kappa shape index (κ3) is 1.81. The van der Waals surface area contributed by atoms with Crippen molar-refractivity contribution in [1.82, 2.24) is 14.6 Å². The first kappa shape index (κ1) is 12.2. The third-order valence-corrected chi connectivity index (χ3v) is 3.95. The molecule has 100 valence electrons. The predicted molar refractivity (Wildman–Crippen MR) is 73.2 cm³/mol. The second kappa shape index (κ2) is 4.34. The summed E-state index contributed by atoms with van der Waals surface area (Å²) in [6.07, 6.45) is 3.33. The van der Waals surface area contributed by atoms with Crippen molar-refractivity contribution in [3.8, 4) is 0 Å². The molecule has 1 aliphatic rings. The number of rotatable bonds is 2. The number of nitrogen functional groups attached to an aromatic ring is 1. The molecule has 0 amide bonds. The SMILES string of the molecule is Nc1c(Br)c(N2CCCC2)nc2c([N+](=O)[O-])cnn12. The topological polar surface area (TPSA) is 103 Å². The summed E-state index contributed by atoms with van der Waals surface area (Å²) in [5.41, 5.74) is 6.00. The Balaban J connectivity index is 2.24. The van der Waals surface area contributed by atoms with Crippen LogP contribution in [0.4, 0.5) is 17.3 Å². The number of fused-ring (bicyclic) bond motifs is 1. The quantitative estimate of drug-likeness (QED) is 0.664. The lowest BCUT2D eigenvalue weighted by Gasteiger charge is -2.18. The average molecular weight is 327 g/mol. The monoisotopic (exact) mass is 326 g/mol. The minimum absolute atomic E-state index is 0.139. The molecule has 0 spiro atoms. The summed E-state index contributed by atoms with van der Waals surface area (Å²) >= 11 is 3.40. The second-order valence-electron chi connectivity index (χ2n) is 4.35. The maximum absolute atomic E-state index is 11.0. The van der Waals surface area contributed by atoms with Gasteiger partial charge in [-0.3, -0.25) is 10.1 Å². The van der Waals surface area contributed by atoms with Crippen LogP contribution in [0.3, 0.4) is 0 Å². The molecule has 0 atom stereocenters. The van der Waals surface area contributed by atoms with E-state index in [0.29, 0.717) is 16.1 Å². The highest BCUT2D eigenvalue weighted by Crippen LogP contribution is 2.34. The molecule has 0 saturated carbocycles. The summed E-state index contributed by atoms with van der Waals surface area (Å²) in [5.74, 6) is 0.964. The van der Waals surface area contributed by atoms with Crippen LogP contribution in [0.5, 0.6) is 0 Å². The van der Waals surface area contributed by atoms with Crippen molar-refractivity contribution in [2.75, 3.05) is 23.7 Å². The minimum Gasteiger partial charge on any atom is -0.383 e. The molecule has 1 aliphatic heterocycles. The Kier molecular flexibility index (Phi) is 2.77. The van der Waals surface area contributed by atoms with Gasteiger partial charge in [0.15, 0.2) is 0 Å². The van der Waals surface area contributed by atoms with E-state index in [9.17, 15) is 10.1 Å². The van der Waals surface area contributed by atoms with Gasteiger partial charge < -0.3 is 10.6 Å². The Morgan fingerprint density at radius 2 is 2.11 bits per heavy atom. The van der Waals surface area contributed by atoms with Gasteiger partial charge in [-0.15, -0.1) is 0 Å². The van der Waals surface area contributed by atoms with E-state index in [1.54, 1.807) is 0 Å². The molecule has 0 radical (unpaired) electrons. The van der Waals surface area contributed by atoms with Crippen molar-refractivity contribution < 1.29 is 4.92 Å². The lowest BCUT2D eigenvalue weighted by Crippen LogP contribution is -2.21. The van der Waals surface area contributed by atoms with E-state index in [-0.39, 0.29) is 11.3 Å². The molecule has 8 nitrogen and oxygen atoms in total. The van der Waals surface area contributed by atoms with Crippen LogP contribution < -0.4 is 10.6 Å². The number of nitro groups is 1. The summed E-state index contributed by atoms with van der Waals surface area (Å²) in [6, 6.07) is 0. The van der Waals surface area contributed by atoms with Gasteiger partial charge in [-0.2, -0.15) is 9.61 Å². The first-order valence-corrected chi connectivity index (χ1v) is 6.61. The third-order valence-electron chi connectivity index (χ3n) is 3.19. The highest BCUT2D eigenvalue weighted by Gasteiger charge is 2.25. The van der Waals surface area contributed by atoms with Gasteiger partial charge in [-0.1, -0.05) is 0 Å². The van der Waals surface area contributed by atoms with Crippen molar-refractivity contribution >= 4 is 38.9 Å². The molecular weight excluding hydrogens is 316 g/mol. The number of halogens is 1. The van der Waals surface area contributed by atoms with E-state index in [0.717, 1.165) is 25.9 Å². The fourth-order valence-corrected chi connectivity index (χ4v) is 2.75. The lowest BCUT2D eigenvalue weighted by molar-refractivity contribution is -0.383. The molecule has 0 aliphatic carbocycles. The molecule has 1 fully saturated rings. The van der Waals surface area contributed by atoms with E-state index in [1.807, 2.05) is 0 Å². The predicted octanol–water partition coefficient (Wildman–Crippen LogP) is 1.58. The Morgan fingerprint density at radius 3 is 2.74 bits per heavy atom. The van der Waals surface area contributed by atoms with Gasteiger partial charge >= 0.3 is 5.69 Å². The van der Waals surface area contributed by atoms with Crippen molar-refractivity contribution in [3.05, 3.63) is 20.8 Å². The average Bonchev–Trinajstić information content (AvgIpc) is 3.01. The number of nitrogens with two attached hydrogens (primary N) is 1. The first-order chi connectivity index (χ1) is 9.09. The molecule has 0 unspecified atom stereocenters. The fourth-order valence-electron chi connectivity index (χ4n) is 2.24. The Morgan fingerprint density at radius 1 is 1.42 bits per heavy atom. The fraction of sp³-hybridized carbons (Fsp3) is 0.400. The van der Waals surface area contributed by atoms with E-state index < -0.39 is 4.92 Å². The van der Waals surface area contributed by atoms with Gasteiger partial charge in [0.2, 0.25) is 5.65 Å². The van der Waals surface area contributed by atoms with Crippen LogP contribution in [-0.2, 0) is 0 Å². The maximum Gasteiger partial charge on any atom is 0.333 e. The van der Waals surface area contributed by atoms with Gasteiger partial charge in [0.1, 0.15) is 22.3 Å². The van der Waals surface area contributed by atoms with E-state index in [4.69, 9.17) is 5.73 Å². The molecule has 2 aromatic rings. The van der Waals surface area contributed by atoms with Crippen LogP contribution >= 0.6 is 15.9 Å². The van der Waals surface area contributed by atoms with Crippen LogP contribution in [0, 0.1) is 10.1 Å². The van der Waals surface area contributed by atoms with Crippen molar-refractivity contribution in [2.45, 2.75) is 12.8 Å². The zero-order valence-electron chi connectivity index (χ0n) is 9.91. The summed E-state index contributed by atoms with van der Waals surface area (Å²) in [4.78, 5) is 16.9. The number of hydrogen-bond donors (Lipinski definition) is 1. The summed E-state index contributed by atoms with van der Waals surface area (Å²) in [5, 5.41) is 14.9. The largest absolute Gasteiger partial charge is 0.383 e. The molecule has 0 aromatic carbocycles. The molecule has 0 bridgehead atoms. The van der Waals surface area contributed by atoms with Gasteiger partial charge in [-0.05, 0) is 28.8 Å². The summed E-state index contributed by atoms with van der Waals surface area (Å²) < 4.78 is 1.90. The molecule has 2 aromatic heterocycles. The van der Waals surface area contributed by atoms with Crippen molar-refractivity contribution in [1.29, 1.82) is 0 Å². The normalized spacial score (nSPS) is 15.3. The van der Waals surface area contributed by atoms with E-state index in [2.05, 4.69) is 30.9 Å². The molecule has 2 N–H and O–H groups in total. The molecule has 3 rings (SSSR count). The number of nitrogens with zero attached hydrogens (tertiary/aromatic N) is 5.